The summed E-state index contributed by atoms with van der Waals surface area (Å²) in [6.45, 7) is 0. The molecular formula is C46H25N5O2. The summed E-state index contributed by atoms with van der Waals surface area (Å²) in [6.07, 6.45) is 0. The molecule has 0 amide bonds. The number of furan rings is 2. The van der Waals surface area contributed by atoms with Crippen LogP contribution in [0.15, 0.2) is 160 Å². The lowest BCUT2D eigenvalue weighted by molar-refractivity contribution is 0.666. The van der Waals surface area contributed by atoms with Crippen molar-refractivity contribution in [3.63, 3.8) is 0 Å². The summed E-state index contributed by atoms with van der Waals surface area (Å²) in [4.78, 5) is 15.1. The molecule has 53 heavy (non-hydrogen) atoms. The standard InChI is InChI=1S/C46H25N5O2/c47-26-29-25-35(51-34-20-10-7-17-30(34)31-23-24-38-40(42(31)51)32-18-8-11-21-36(32)52-38)43-41(33-19-9-12-22-37(33)53-43)39(29)46-49-44(27-13-3-1-4-14-27)48-45(50-46)28-15-5-2-6-16-28/h1-25H. The number of para-hydroxylation sites is 3. The monoisotopic (exact) mass is 679 g/mol. The molecule has 0 saturated carbocycles. The Morgan fingerprint density at radius 1 is 0.491 bits per heavy atom. The van der Waals surface area contributed by atoms with E-state index in [1.54, 1.807) is 0 Å². The third-order valence-electron chi connectivity index (χ3n) is 10.1. The van der Waals surface area contributed by atoms with E-state index in [9.17, 15) is 5.26 Å². The zero-order valence-electron chi connectivity index (χ0n) is 28.0. The van der Waals surface area contributed by atoms with Crippen molar-refractivity contribution in [3.8, 4) is 45.9 Å². The van der Waals surface area contributed by atoms with Crippen LogP contribution in [0.25, 0.3) is 106 Å². The average Bonchev–Trinajstić information content (AvgIpc) is 3.90. The minimum absolute atomic E-state index is 0.391. The van der Waals surface area contributed by atoms with Gasteiger partial charge >= 0.3 is 0 Å². The van der Waals surface area contributed by atoms with Gasteiger partial charge in [0, 0.05) is 43.6 Å². The van der Waals surface area contributed by atoms with E-state index in [4.69, 9.17) is 23.8 Å². The lowest BCUT2D eigenvalue weighted by Gasteiger charge is -2.14. The van der Waals surface area contributed by atoms with E-state index in [1.165, 1.54) is 0 Å². The molecule has 4 heterocycles. The maximum absolute atomic E-state index is 11.1. The number of fused-ring (bicyclic) bond motifs is 10. The Hall–Kier alpha value is -7.56. The maximum atomic E-state index is 11.1. The average molecular weight is 680 g/mol. The molecular weight excluding hydrogens is 655 g/mol. The fourth-order valence-electron chi connectivity index (χ4n) is 7.81. The Labute approximate surface area is 301 Å². The molecule has 0 aliphatic heterocycles. The third kappa shape index (κ3) is 4.30. The van der Waals surface area contributed by atoms with Crippen molar-refractivity contribution >= 4 is 65.7 Å². The van der Waals surface area contributed by atoms with E-state index in [1.807, 2.05) is 121 Å². The molecule has 0 aliphatic rings. The zero-order valence-corrected chi connectivity index (χ0v) is 28.0. The summed E-state index contributed by atoms with van der Waals surface area (Å²) in [5.74, 6) is 1.42. The van der Waals surface area contributed by atoms with Gasteiger partial charge in [0.25, 0.3) is 0 Å². The molecule has 0 spiro atoms. The second kappa shape index (κ2) is 11.2. The predicted octanol–water partition coefficient (Wildman–Crippen LogP) is 11.6. The van der Waals surface area contributed by atoms with Crippen molar-refractivity contribution < 1.29 is 8.83 Å². The molecule has 246 valence electrons. The maximum Gasteiger partial charge on any atom is 0.166 e. The summed E-state index contributed by atoms with van der Waals surface area (Å²) < 4.78 is 15.5. The highest BCUT2D eigenvalue weighted by atomic mass is 16.3. The van der Waals surface area contributed by atoms with Gasteiger partial charge in [0.05, 0.1) is 33.7 Å². The van der Waals surface area contributed by atoms with Crippen molar-refractivity contribution in [3.05, 3.63) is 157 Å². The Kier molecular flexibility index (Phi) is 6.18. The van der Waals surface area contributed by atoms with E-state index in [2.05, 4.69) is 41.0 Å². The normalized spacial score (nSPS) is 11.8. The second-order valence-electron chi connectivity index (χ2n) is 13.1. The second-order valence-corrected chi connectivity index (χ2v) is 13.1. The van der Waals surface area contributed by atoms with E-state index in [0.717, 1.165) is 71.3 Å². The molecule has 4 aromatic heterocycles. The molecule has 7 nitrogen and oxygen atoms in total. The van der Waals surface area contributed by atoms with Gasteiger partial charge in [-0.1, -0.05) is 115 Å². The molecule has 0 radical (unpaired) electrons. The number of nitrogens with zero attached hydrogens (tertiary/aromatic N) is 5. The zero-order chi connectivity index (χ0) is 35.0. The fourth-order valence-corrected chi connectivity index (χ4v) is 7.81. The molecule has 0 N–H and O–H groups in total. The van der Waals surface area contributed by atoms with Crippen LogP contribution in [0.5, 0.6) is 0 Å². The quantitative estimate of drug-likeness (QED) is 0.184. The van der Waals surface area contributed by atoms with Crippen molar-refractivity contribution in [2.45, 2.75) is 0 Å². The number of nitriles is 1. The molecule has 0 aliphatic carbocycles. The number of hydrogen-bond acceptors (Lipinski definition) is 6. The molecule has 0 unspecified atom stereocenters. The SMILES string of the molecule is N#Cc1cc(-n2c3ccccc3c3ccc4oc5ccccc5c4c32)c2oc3ccccc3c2c1-c1nc(-c2ccccc2)nc(-c2ccccc2)n1. The first kappa shape index (κ1) is 29.2. The van der Waals surface area contributed by atoms with Crippen LogP contribution in [0.2, 0.25) is 0 Å². The summed E-state index contributed by atoms with van der Waals surface area (Å²) in [5, 5.41) is 16.9. The van der Waals surface area contributed by atoms with Gasteiger partial charge in [-0.25, -0.2) is 15.0 Å². The molecule has 0 fully saturated rings. The first-order valence-electron chi connectivity index (χ1n) is 17.3. The number of benzene rings is 7. The Morgan fingerprint density at radius 2 is 1.06 bits per heavy atom. The van der Waals surface area contributed by atoms with Gasteiger partial charge in [0.2, 0.25) is 0 Å². The van der Waals surface area contributed by atoms with Gasteiger partial charge < -0.3 is 13.4 Å². The van der Waals surface area contributed by atoms with E-state index in [-0.39, 0.29) is 0 Å². The largest absolute Gasteiger partial charge is 0.456 e. The van der Waals surface area contributed by atoms with E-state index < -0.39 is 0 Å². The lowest BCUT2D eigenvalue weighted by Crippen LogP contribution is -2.03. The van der Waals surface area contributed by atoms with Crippen molar-refractivity contribution in [2.24, 2.45) is 0 Å². The third-order valence-corrected chi connectivity index (χ3v) is 10.1. The molecule has 7 aromatic carbocycles. The van der Waals surface area contributed by atoms with Crippen LogP contribution in [0, 0.1) is 11.3 Å². The van der Waals surface area contributed by atoms with Crippen molar-refractivity contribution in [1.82, 2.24) is 19.5 Å². The summed E-state index contributed by atoms with van der Waals surface area (Å²) in [6, 6.07) is 52.7. The van der Waals surface area contributed by atoms with Crippen LogP contribution in [-0.2, 0) is 0 Å². The van der Waals surface area contributed by atoms with Gasteiger partial charge in [0.1, 0.15) is 16.7 Å². The molecule has 0 saturated heterocycles. The highest BCUT2D eigenvalue weighted by Gasteiger charge is 2.27. The molecule has 7 heteroatoms. The molecule has 0 atom stereocenters. The van der Waals surface area contributed by atoms with Crippen LogP contribution >= 0.6 is 0 Å². The van der Waals surface area contributed by atoms with Crippen LogP contribution in [0.1, 0.15) is 5.56 Å². The first-order valence-corrected chi connectivity index (χ1v) is 17.3. The Bertz CT molecular complexity index is 3240. The van der Waals surface area contributed by atoms with Crippen LogP contribution in [0.3, 0.4) is 0 Å². The number of aromatic nitrogens is 4. The summed E-state index contributed by atoms with van der Waals surface area (Å²) in [7, 11) is 0. The highest BCUT2D eigenvalue weighted by molar-refractivity contribution is 6.25. The highest BCUT2D eigenvalue weighted by Crippen LogP contribution is 2.46. The fraction of sp³-hybridized carbons (Fsp3) is 0. The van der Waals surface area contributed by atoms with Gasteiger partial charge in [-0.3, -0.25) is 0 Å². The smallest absolute Gasteiger partial charge is 0.166 e. The van der Waals surface area contributed by atoms with E-state index in [0.29, 0.717) is 39.8 Å². The van der Waals surface area contributed by atoms with Gasteiger partial charge in [-0.15, -0.1) is 0 Å². The topological polar surface area (TPSA) is 93.7 Å². The van der Waals surface area contributed by atoms with Gasteiger partial charge in [-0.05, 0) is 36.4 Å². The Morgan fingerprint density at radius 3 is 1.74 bits per heavy atom. The van der Waals surface area contributed by atoms with E-state index >= 15 is 0 Å². The molecule has 0 bridgehead atoms. The summed E-state index contributed by atoms with van der Waals surface area (Å²) in [5.41, 5.74) is 8.31. The number of hydrogen-bond donors (Lipinski definition) is 0. The van der Waals surface area contributed by atoms with Crippen LogP contribution in [-0.4, -0.2) is 19.5 Å². The predicted molar refractivity (Wildman–Crippen MR) is 210 cm³/mol. The van der Waals surface area contributed by atoms with Crippen LogP contribution < -0.4 is 0 Å². The molecule has 11 rings (SSSR count). The van der Waals surface area contributed by atoms with Crippen molar-refractivity contribution in [1.29, 1.82) is 5.26 Å². The Balaban J connectivity index is 1.30. The number of rotatable bonds is 4. The first-order chi connectivity index (χ1) is 26.2. The minimum atomic E-state index is 0.391. The van der Waals surface area contributed by atoms with Crippen LogP contribution in [0.4, 0.5) is 0 Å². The van der Waals surface area contributed by atoms with Crippen molar-refractivity contribution in [2.75, 3.05) is 0 Å². The lowest BCUT2D eigenvalue weighted by atomic mass is 9.98. The molecule has 11 aromatic rings. The summed E-state index contributed by atoms with van der Waals surface area (Å²) >= 11 is 0. The van der Waals surface area contributed by atoms with Gasteiger partial charge in [0.15, 0.2) is 23.1 Å². The minimum Gasteiger partial charge on any atom is -0.456 e. The van der Waals surface area contributed by atoms with Gasteiger partial charge in [-0.2, -0.15) is 5.26 Å².